The van der Waals surface area contributed by atoms with Gasteiger partial charge < -0.3 is 9.64 Å². The van der Waals surface area contributed by atoms with Gasteiger partial charge in [0.2, 0.25) is 0 Å². The second kappa shape index (κ2) is 7.63. The summed E-state index contributed by atoms with van der Waals surface area (Å²) in [6, 6.07) is 13.4. The Bertz CT molecular complexity index is 1300. The first-order valence-corrected chi connectivity index (χ1v) is 10.8. The lowest BCUT2D eigenvalue weighted by Crippen LogP contribution is -2.30. The van der Waals surface area contributed by atoms with E-state index in [9.17, 15) is 4.79 Å². The number of para-hydroxylation sites is 1. The van der Waals surface area contributed by atoms with Crippen molar-refractivity contribution in [2.75, 3.05) is 30.4 Å². The molecule has 0 unspecified atom stereocenters. The van der Waals surface area contributed by atoms with E-state index in [4.69, 9.17) is 9.72 Å². The van der Waals surface area contributed by atoms with Crippen molar-refractivity contribution in [2.45, 2.75) is 13.5 Å². The normalized spacial score (nSPS) is 12.1. The molecule has 0 bridgehead atoms. The van der Waals surface area contributed by atoms with E-state index in [1.807, 2.05) is 68.4 Å². The summed E-state index contributed by atoms with van der Waals surface area (Å²) in [4.78, 5) is 31.6. The van der Waals surface area contributed by atoms with Gasteiger partial charge in [-0.3, -0.25) is 9.69 Å². The highest BCUT2D eigenvalue weighted by Crippen LogP contribution is 2.41. The molecule has 0 fully saturated rings. The topological polar surface area (TPSA) is 71.5 Å². The third-order valence-electron chi connectivity index (χ3n) is 5.27. The summed E-state index contributed by atoms with van der Waals surface area (Å²) in [7, 11) is 3.87. The number of anilines is 2. The lowest BCUT2D eigenvalue weighted by Gasteiger charge is -2.18. The smallest absolute Gasteiger partial charge is 0.260 e. The monoisotopic (exact) mass is 431 g/mol. The van der Waals surface area contributed by atoms with Crippen LogP contribution in [0.5, 0.6) is 5.75 Å². The third-order valence-corrected chi connectivity index (χ3v) is 6.32. The Morgan fingerprint density at radius 1 is 1.16 bits per heavy atom. The third kappa shape index (κ3) is 3.29. The molecule has 7 nitrogen and oxygen atoms in total. The summed E-state index contributed by atoms with van der Waals surface area (Å²) >= 11 is 1.50. The molecular weight excluding hydrogens is 410 g/mol. The molecule has 4 aromatic rings. The molecule has 1 aliphatic rings. The van der Waals surface area contributed by atoms with Crippen molar-refractivity contribution in [3.05, 3.63) is 59.2 Å². The van der Waals surface area contributed by atoms with Gasteiger partial charge in [0.15, 0.2) is 5.13 Å². The number of carbonyl (C=O) groups excluding carboxylic acids is 1. The average Bonchev–Trinajstić information content (AvgIpc) is 3.23. The second-order valence-corrected chi connectivity index (χ2v) is 8.49. The van der Waals surface area contributed by atoms with Crippen molar-refractivity contribution in [1.29, 1.82) is 0 Å². The highest BCUT2D eigenvalue weighted by atomic mass is 32.1. The Morgan fingerprint density at radius 3 is 2.81 bits per heavy atom. The van der Waals surface area contributed by atoms with Crippen LogP contribution in [0, 0.1) is 0 Å². The van der Waals surface area contributed by atoms with Gasteiger partial charge in [0.05, 0.1) is 16.1 Å². The minimum absolute atomic E-state index is 0.102. The molecule has 3 heterocycles. The Hall–Kier alpha value is -3.52. The maximum atomic E-state index is 13.4. The van der Waals surface area contributed by atoms with Crippen LogP contribution in [0.4, 0.5) is 10.9 Å². The molecule has 0 saturated carbocycles. The van der Waals surface area contributed by atoms with Crippen LogP contribution in [0.2, 0.25) is 0 Å². The average molecular weight is 432 g/mol. The standard InChI is InChI=1S/C23H21N5O2S/c1-4-28(23-26-20-16-7-5-6-8-18(16)30-12-19(20)31-23)22(29)14-9-10-15-17(11-14)24-13-25-21(15)27(2)3/h5-11,13H,4,12H2,1-3H3. The van der Waals surface area contributed by atoms with Crippen LogP contribution in [0.1, 0.15) is 22.2 Å². The SMILES string of the molecule is CCN(C(=O)c1ccc2c(N(C)C)ncnc2c1)c1nc2c(s1)COc1ccccc1-2. The summed E-state index contributed by atoms with van der Waals surface area (Å²) in [5.74, 6) is 1.55. The van der Waals surface area contributed by atoms with E-state index in [-0.39, 0.29) is 5.91 Å². The molecule has 31 heavy (non-hydrogen) atoms. The molecule has 1 amide bonds. The number of nitrogens with zero attached hydrogens (tertiary/aromatic N) is 5. The van der Waals surface area contributed by atoms with Crippen molar-refractivity contribution in [3.63, 3.8) is 0 Å². The highest BCUT2D eigenvalue weighted by molar-refractivity contribution is 7.16. The number of benzene rings is 2. The molecule has 0 atom stereocenters. The molecule has 5 rings (SSSR count). The Balaban J connectivity index is 1.51. The maximum Gasteiger partial charge on any atom is 0.260 e. The van der Waals surface area contributed by atoms with Gasteiger partial charge >= 0.3 is 0 Å². The molecule has 0 N–H and O–H groups in total. The molecule has 0 aliphatic carbocycles. The fourth-order valence-corrected chi connectivity index (χ4v) is 4.80. The van der Waals surface area contributed by atoms with E-state index in [1.54, 1.807) is 4.90 Å². The minimum Gasteiger partial charge on any atom is -0.487 e. The summed E-state index contributed by atoms with van der Waals surface area (Å²) in [5.41, 5.74) is 3.17. The molecule has 156 valence electrons. The van der Waals surface area contributed by atoms with Crippen molar-refractivity contribution in [3.8, 4) is 17.0 Å². The van der Waals surface area contributed by atoms with Gasteiger partial charge in [-0.25, -0.2) is 15.0 Å². The Morgan fingerprint density at radius 2 is 2.00 bits per heavy atom. The van der Waals surface area contributed by atoms with Gasteiger partial charge in [-0.05, 0) is 37.3 Å². The lowest BCUT2D eigenvalue weighted by molar-refractivity contribution is 0.0988. The Kier molecular flexibility index (Phi) is 4.78. The first-order chi connectivity index (χ1) is 15.1. The van der Waals surface area contributed by atoms with Crippen molar-refractivity contribution >= 4 is 39.1 Å². The van der Waals surface area contributed by atoms with Gasteiger partial charge in [0.1, 0.15) is 24.5 Å². The van der Waals surface area contributed by atoms with Gasteiger partial charge in [-0.1, -0.05) is 23.5 Å². The number of aromatic nitrogens is 3. The fraction of sp³-hybridized carbons (Fsp3) is 0.217. The van der Waals surface area contributed by atoms with E-state index >= 15 is 0 Å². The number of fused-ring (bicyclic) bond motifs is 4. The zero-order valence-electron chi connectivity index (χ0n) is 17.5. The van der Waals surface area contributed by atoms with E-state index < -0.39 is 0 Å². The quantitative estimate of drug-likeness (QED) is 0.478. The second-order valence-electron chi connectivity index (χ2n) is 7.43. The molecule has 0 radical (unpaired) electrons. The predicted molar refractivity (Wildman–Crippen MR) is 123 cm³/mol. The van der Waals surface area contributed by atoms with E-state index in [0.717, 1.165) is 38.6 Å². The first kappa shape index (κ1) is 19.4. The number of rotatable bonds is 4. The number of carbonyl (C=O) groups is 1. The maximum absolute atomic E-state index is 13.4. The van der Waals surface area contributed by atoms with Gasteiger partial charge in [-0.15, -0.1) is 0 Å². The lowest BCUT2D eigenvalue weighted by atomic mass is 10.1. The summed E-state index contributed by atoms with van der Waals surface area (Å²) in [5, 5.41) is 1.58. The first-order valence-electron chi connectivity index (χ1n) is 10.0. The molecule has 8 heteroatoms. The zero-order valence-corrected chi connectivity index (χ0v) is 18.3. The summed E-state index contributed by atoms with van der Waals surface area (Å²) < 4.78 is 5.85. The molecule has 1 aliphatic heterocycles. The van der Waals surface area contributed by atoms with Gasteiger partial charge in [-0.2, -0.15) is 0 Å². The van der Waals surface area contributed by atoms with Crippen LogP contribution in [0.3, 0.4) is 0 Å². The molecule has 2 aromatic carbocycles. The number of amides is 1. The fourth-order valence-electron chi connectivity index (χ4n) is 3.75. The largest absolute Gasteiger partial charge is 0.487 e. The summed E-state index contributed by atoms with van der Waals surface area (Å²) in [6.07, 6.45) is 1.52. The van der Waals surface area contributed by atoms with Crippen molar-refractivity contribution in [2.24, 2.45) is 0 Å². The molecular formula is C23H21N5O2S. The van der Waals surface area contributed by atoms with Gasteiger partial charge in [0.25, 0.3) is 5.91 Å². The molecule has 2 aromatic heterocycles. The van der Waals surface area contributed by atoms with E-state index in [0.29, 0.717) is 23.8 Å². The van der Waals surface area contributed by atoms with Crippen LogP contribution < -0.4 is 14.5 Å². The van der Waals surface area contributed by atoms with E-state index in [2.05, 4.69) is 9.97 Å². The van der Waals surface area contributed by atoms with Crippen LogP contribution in [0.25, 0.3) is 22.2 Å². The Labute approximate surface area is 184 Å². The van der Waals surface area contributed by atoms with Crippen LogP contribution in [-0.4, -0.2) is 41.5 Å². The molecule has 0 saturated heterocycles. The predicted octanol–water partition coefficient (Wildman–Crippen LogP) is 4.38. The summed E-state index contributed by atoms with van der Waals surface area (Å²) in [6.45, 7) is 2.94. The minimum atomic E-state index is -0.102. The van der Waals surface area contributed by atoms with Crippen LogP contribution >= 0.6 is 11.3 Å². The van der Waals surface area contributed by atoms with Gasteiger partial charge in [0, 0.05) is 37.2 Å². The molecule has 0 spiro atoms. The highest BCUT2D eigenvalue weighted by Gasteiger charge is 2.26. The van der Waals surface area contributed by atoms with E-state index in [1.165, 1.54) is 17.7 Å². The zero-order chi connectivity index (χ0) is 21.5. The van der Waals surface area contributed by atoms with Crippen molar-refractivity contribution < 1.29 is 9.53 Å². The number of hydrogen-bond acceptors (Lipinski definition) is 7. The number of thiazole rings is 1. The van der Waals surface area contributed by atoms with Crippen LogP contribution in [-0.2, 0) is 6.61 Å². The number of ether oxygens (including phenoxy) is 1. The number of hydrogen-bond donors (Lipinski definition) is 0. The van der Waals surface area contributed by atoms with Crippen LogP contribution in [0.15, 0.2) is 48.8 Å². The van der Waals surface area contributed by atoms with Crippen molar-refractivity contribution in [1.82, 2.24) is 15.0 Å².